The lowest BCUT2D eigenvalue weighted by Crippen LogP contribution is -2.37. The van der Waals surface area contributed by atoms with E-state index < -0.39 is 12.2 Å². The van der Waals surface area contributed by atoms with Crippen molar-refractivity contribution in [2.24, 2.45) is 0 Å². The Morgan fingerprint density at radius 3 is 2.53 bits per heavy atom. The maximum Gasteiger partial charge on any atom is 0.296 e. The molecule has 0 spiro atoms. The summed E-state index contributed by atoms with van der Waals surface area (Å²) in [5.41, 5.74) is 3.49. The molecular formula is C24H23F2N7O. The smallest absolute Gasteiger partial charge is 0.296 e. The average Bonchev–Trinajstić information content (AvgIpc) is 3.46. The zero-order chi connectivity index (χ0) is 23.1. The molecule has 8 nitrogen and oxygen atoms in total. The molecule has 0 amide bonds. The summed E-state index contributed by atoms with van der Waals surface area (Å²) in [4.78, 5) is 20.0. The second-order valence-corrected chi connectivity index (χ2v) is 8.39. The lowest BCUT2D eigenvalue weighted by molar-refractivity contribution is 0.122. The van der Waals surface area contributed by atoms with E-state index in [9.17, 15) is 8.78 Å². The Labute approximate surface area is 194 Å². The molecule has 3 heterocycles. The molecule has 6 rings (SSSR count). The topological polar surface area (TPSA) is 81.0 Å². The number of para-hydroxylation sites is 2. The Bertz CT molecular complexity index is 1340. The standard InChI is InChI=1S/C24H23F2N7O/c25-20(26)21-27-18-7-3-4-8-19(18)33(21)24-30-22(29-23(31-24)32-11-13-34-14-12-32)28-17-10-9-15-5-1-2-6-16(15)17/h1-8,17,20H,9-14H2,(H,28,29,30,31)/t17-/m1/s1. The minimum atomic E-state index is -2.78. The molecule has 1 fully saturated rings. The lowest BCUT2D eigenvalue weighted by Gasteiger charge is -2.27. The van der Waals surface area contributed by atoms with Gasteiger partial charge in [-0.3, -0.25) is 4.57 Å². The number of anilines is 2. The Hall–Kier alpha value is -3.66. The first-order valence-corrected chi connectivity index (χ1v) is 11.4. The highest BCUT2D eigenvalue weighted by atomic mass is 19.3. The molecule has 4 aromatic rings. The molecule has 2 aliphatic rings. The number of alkyl halides is 2. The van der Waals surface area contributed by atoms with Gasteiger partial charge in [0.2, 0.25) is 17.8 Å². The Morgan fingerprint density at radius 1 is 0.912 bits per heavy atom. The van der Waals surface area contributed by atoms with Crippen LogP contribution in [0.3, 0.4) is 0 Å². The molecule has 34 heavy (non-hydrogen) atoms. The summed E-state index contributed by atoms with van der Waals surface area (Å²) in [6, 6.07) is 15.3. The molecule has 1 aliphatic heterocycles. The summed E-state index contributed by atoms with van der Waals surface area (Å²) in [6.45, 7) is 2.33. The second kappa shape index (κ2) is 8.60. The fourth-order valence-electron chi connectivity index (χ4n) is 4.69. The van der Waals surface area contributed by atoms with Crippen LogP contribution in [0.5, 0.6) is 0 Å². The van der Waals surface area contributed by atoms with Crippen LogP contribution in [0.1, 0.15) is 35.8 Å². The summed E-state index contributed by atoms with van der Waals surface area (Å²) < 4.78 is 34.8. The number of hydrogen-bond donors (Lipinski definition) is 1. The maximum absolute atomic E-state index is 14.0. The lowest BCUT2D eigenvalue weighted by atomic mass is 10.1. The van der Waals surface area contributed by atoms with Crippen molar-refractivity contribution >= 4 is 22.9 Å². The molecule has 174 valence electrons. The highest BCUT2D eigenvalue weighted by Crippen LogP contribution is 2.34. The van der Waals surface area contributed by atoms with Crippen molar-refractivity contribution in [2.75, 3.05) is 36.5 Å². The van der Waals surface area contributed by atoms with Crippen LogP contribution in [-0.2, 0) is 11.2 Å². The van der Waals surface area contributed by atoms with Gasteiger partial charge < -0.3 is 15.0 Å². The van der Waals surface area contributed by atoms with E-state index in [0.717, 1.165) is 12.8 Å². The van der Waals surface area contributed by atoms with Gasteiger partial charge in [-0.05, 0) is 36.1 Å². The predicted molar refractivity (Wildman–Crippen MR) is 124 cm³/mol. The molecule has 1 aliphatic carbocycles. The fraction of sp³-hybridized carbons (Fsp3) is 0.333. The van der Waals surface area contributed by atoms with E-state index in [2.05, 4.69) is 37.4 Å². The first-order chi connectivity index (χ1) is 16.7. The van der Waals surface area contributed by atoms with E-state index in [1.54, 1.807) is 24.3 Å². The van der Waals surface area contributed by atoms with Gasteiger partial charge in [-0.1, -0.05) is 36.4 Å². The number of nitrogens with one attached hydrogen (secondary N) is 1. The monoisotopic (exact) mass is 463 g/mol. The van der Waals surface area contributed by atoms with Gasteiger partial charge >= 0.3 is 0 Å². The van der Waals surface area contributed by atoms with Crippen molar-refractivity contribution in [3.05, 3.63) is 65.5 Å². The molecule has 2 aromatic carbocycles. The van der Waals surface area contributed by atoms with E-state index in [1.807, 2.05) is 17.0 Å². The SMILES string of the molecule is FC(F)c1nc2ccccc2n1-c1nc(N[C@@H]2CCc3ccccc32)nc(N2CCOCC2)n1. The predicted octanol–water partition coefficient (Wildman–Crippen LogP) is 4.08. The number of imidazole rings is 1. The molecule has 0 bridgehead atoms. The van der Waals surface area contributed by atoms with E-state index in [4.69, 9.17) is 4.74 Å². The number of halogens is 2. The highest BCUT2D eigenvalue weighted by Gasteiger charge is 2.26. The second-order valence-electron chi connectivity index (χ2n) is 8.39. The van der Waals surface area contributed by atoms with Crippen LogP contribution in [0, 0.1) is 0 Å². The third-order valence-corrected chi connectivity index (χ3v) is 6.32. The first kappa shape index (κ1) is 20.9. The Morgan fingerprint density at radius 2 is 1.68 bits per heavy atom. The minimum Gasteiger partial charge on any atom is -0.378 e. The normalized spacial score (nSPS) is 18.0. The van der Waals surface area contributed by atoms with Gasteiger partial charge in [-0.2, -0.15) is 15.0 Å². The van der Waals surface area contributed by atoms with E-state index in [0.29, 0.717) is 49.2 Å². The summed E-state index contributed by atoms with van der Waals surface area (Å²) in [5, 5.41) is 3.43. The molecule has 0 radical (unpaired) electrons. The molecule has 1 N–H and O–H groups in total. The van der Waals surface area contributed by atoms with Crippen LogP contribution < -0.4 is 10.2 Å². The zero-order valence-corrected chi connectivity index (χ0v) is 18.4. The molecular weight excluding hydrogens is 440 g/mol. The molecule has 0 saturated carbocycles. The first-order valence-electron chi connectivity index (χ1n) is 11.4. The summed E-state index contributed by atoms with van der Waals surface area (Å²) >= 11 is 0. The zero-order valence-electron chi connectivity index (χ0n) is 18.4. The third-order valence-electron chi connectivity index (χ3n) is 6.32. The molecule has 0 unspecified atom stereocenters. The number of morpholine rings is 1. The van der Waals surface area contributed by atoms with E-state index in [-0.39, 0.29) is 12.0 Å². The van der Waals surface area contributed by atoms with Crippen LogP contribution >= 0.6 is 0 Å². The van der Waals surface area contributed by atoms with Crippen LogP contribution in [0.25, 0.3) is 17.0 Å². The van der Waals surface area contributed by atoms with Crippen molar-refractivity contribution < 1.29 is 13.5 Å². The van der Waals surface area contributed by atoms with E-state index in [1.165, 1.54) is 15.7 Å². The van der Waals surface area contributed by atoms with Crippen LogP contribution in [0.15, 0.2) is 48.5 Å². The maximum atomic E-state index is 14.0. The average molecular weight is 463 g/mol. The minimum absolute atomic E-state index is 0.0399. The van der Waals surface area contributed by atoms with Crippen molar-refractivity contribution in [1.82, 2.24) is 24.5 Å². The van der Waals surface area contributed by atoms with Gasteiger partial charge in [-0.15, -0.1) is 0 Å². The number of fused-ring (bicyclic) bond motifs is 2. The van der Waals surface area contributed by atoms with E-state index >= 15 is 0 Å². The quantitative estimate of drug-likeness (QED) is 0.478. The highest BCUT2D eigenvalue weighted by molar-refractivity contribution is 5.77. The van der Waals surface area contributed by atoms with Gasteiger partial charge in [-0.25, -0.2) is 13.8 Å². The largest absolute Gasteiger partial charge is 0.378 e. The molecule has 1 saturated heterocycles. The van der Waals surface area contributed by atoms with Gasteiger partial charge in [0.1, 0.15) is 0 Å². The van der Waals surface area contributed by atoms with Gasteiger partial charge in [0.05, 0.1) is 30.3 Å². The van der Waals surface area contributed by atoms with Crippen LogP contribution in [0.2, 0.25) is 0 Å². The van der Waals surface area contributed by atoms with Gasteiger partial charge in [0.25, 0.3) is 6.43 Å². The summed E-state index contributed by atoms with van der Waals surface area (Å²) in [5.74, 6) is 0.512. The molecule has 1 atom stereocenters. The van der Waals surface area contributed by atoms with Crippen molar-refractivity contribution in [3.8, 4) is 5.95 Å². The number of aromatic nitrogens is 5. The van der Waals surface area contributed by atoms with Crippen LogP contribution in [0.4, 0.5) is 20.7 Å². The Kier molecular flexibility index (Phi) is 5.29. The number of hydrogen-bond acceptors (Lipinski definition) is 7. The van der Waals surface area contributed by atoms with Gasteiger partial charge in [0.15, 0.2) is 5.82 Å². The third kappa shape index (κ3) is 3.73. The van der Waals surface area contributed by atoms with Crippen LogP contribution in [-0.4, -0.2) is 50.8 Å². The van der Waals surface area contributed by atoms with Crippen molar-refractivity contribution in [1.29, 1.82) is 0 Å². The summed E-state index contributed by atoms with van der Waals surface area (Å²) in [6.07, 6.45) is -0.915. The number of rotatable bonds is 5. The molecule has 10 heteroatoms. The van der Waals surface area contributed by atoms with Gasteiger partial charge in [0, 0.05) is 13.1 Å². The number of nitrogens with zero attached hydrogens (tertiary/aromatic N) is 6. The molecule has 2 aromatic heterocycles. The fourth-order valence-corrected chi connectivity index (χ4v) is 4.69. The van der Waals surface area contributed by atoms with Crippen molar-refractivity contribution in [3.63, 3.8) is 0 Å². The Balaban J connectivity index is 1.47. The number of aryl methyl sites for hydroxylation is 1. The van der Waals surface area contributed by atoms with Crippen molar-refractivity contribution in [2.45, 2.75) is 25.3 Å². The number of benzene rings is 2. The summed E-state index contributed by atoms with van der Waals surface area (Å²) in [7, 11) is 0. The number of ether oxygens (including phenoxy) is 1.